The second-order valence-corrected chi connectivity index (χ2v) is 13.3. The highest BCUT2D eigenvalue weighted by Crippen LogP contribution is 2.32. The van der Waals surface area contributed by atoms with Crippen LogP contribution in [0.2, 0.25) is 5.02 Å². The van der Waals surface area contributed by atoms with E-state index in [1.165, 1.54) is 43.3 Å². The summed E-state index contributed by atoms with van der Waals surface area (Å²) in [4.78, 5) is 29.2. The Morgan fingerprint density at radius 2 is 1.59 bits per heavy atom. The number of anilines is 1. The lowest BCUT2D eigenvalue weighted by Crippen LogP contribution is -2.53. The maximum Gasteiger partial charge on any atom is 0.264 e. The maximum atomic E-state index is 14.4. The molecule has 44 heavy (non-hydrogen) atoms. The topological polar surface area (TPSA) is 96.0 Å². The van der Waals surface area contributed by atoms with Crippen molar-refractivity contribution in [2.45, 2.75) is 30.8 Å². The molecular formula is C33H33BrClN3O5S. The van der Waals surface area contributed by atoms with Crippen molar-refractivity contribution in [2.24, 2.45) is 0 Å². The molecular weight excluding hydrogens is 666 g/mol. The van der Waals surface area contributed by atoms with Crippen LogP contribution in [0.3, 0.4) is 0 Å². The molecule has 4 aromatic rings. The molecule has 230 valence electrons. The molecule has 1 N–H and O–H groups in total. The summed E-state index contributed by atoms with van der Waals surface area (Å²) in [7, 11) is -1.28. The predicted octanol–water partition coefficient (Wildman–Crippen LogP) is 6.00. The zero-order chi connectivity index (χ0) is 31.9. The van der Waals surface area contributed by atoms with Gasteiger partial charge in [0.15, 0.2) is 0 Å². The van der Waals surface area contributed by atoms with Gasteiger partial charge < -0.3 is 15.0 Å². The Labute approximate surface area is 271 Å². The Hall–Kier alpha value is -3.86. The molecule has 0 unspecified atom stereocenters. The van der Waals surface area contributed by atoms with Crippen LogP contribution in [0.4, 0.5) is 5.69 Å². The first-order valence-electron chi connectivity index (χ1n) is 13.8. The fraction of sp³-hybridized carbons (Fsp3) is 0.212. The Morgan fingerprint density at radius 3 is 2.18 bits per heavy atom. The van der Waals surface area contributed by atoms with Crippen LogP contribution in [0.25, 0.3) is 0 Å². The minimum atomic E-state index is -4.25. The van der Waals surface area contributed by atoms with E-state index in [1.54, 1.807) is 18.2 Å². The zero-order valence-electron chi connectivity index (χ0n) is 24.5. The summed E-state index contributed by atoms with van der Waals surface area (Å²) in [5, 5.41) is 2.86. The van der Waals surface area contributed by atoms with Crippen LogP contribution < -0.4 is 14.4 Å². The number of aryl methyl sites for hydroxylation is 1. The van der Waals surface area contributed by atoms with Crippen molar-refractivity contribution in [3.8, 4) is 5.75 Å². The highest BCUT2D eigenvalue weighted by molar-refractivity contribution is 9.10. The van der Waals surface area contributed by atoms with Crippen LogP contribution in [-0.4, -0.2) is 51.9 Å². The molecule has 11 heteroatoms. The van der Waals surface area contributed by atoms with Gasteiger partial charge in [0.1, 0.15) is 18.3 Å². The Bertz CT molecular complexity index is 1700. The van der Waals surface area contributed by atoms with Gasteiger partial charge in [0, 0.05) is 24.5 Å². The molecule has 0 aliphatic rings. The molecule has 0 saturated heterocycles. The first-order chi connectivity index (χ1) is 21.0. The van der Waals surface area contributed by atoms with Gasteiger partial charge in [-0.1, -0.05) is 87.7 Å². The van der Waals surface area contributed by atoms with Crippen LogP contribution in [0.15, 0.2) is 106 Å². The SMILES string of the molecule is CNC(=O)[C@H](Cc1ccccc1)N(Cc1ccc(Br)cc1)C(=O)CN(c1ccc(OC)c(Cl)c1)S(=O)(=O)c1ccc(C)cc1. The Balaban J connectivity index is 1.80. The van der Waals surface area contributed by atoms with Crippen molar-refractivity contribution in [2.75, 3.05) is 25.0 Å². The standard InChI is InChI=1S/C33H33BrClN3O5S/c1-23-9-16-28(17-10-23)44(41,42)38(27-15-18-31(43-3)29(35)20-27)22-32(39)37(21-25-11-13-26(34)14-12-25)30(33(40)36-2)19-24-7-5-4-6-8-24/h4-18,20,30H,19,21-22H2,1-3H3,(H,36,40)/t30-/m0/s1. The van der Waals surface area contributed by atoms with Crippen molar-refractivity contribution in [1.82, 2.24) is 10.2 Å². The number of hydrogen-bond donors (Lipinski definition) is 1. The number of nitrogens with one attached hydrogen (secondary N) is 1. The molecule has 0 spiro atoms. The number of amides is 2. The number of nitrogens with zero attached hydrogens (tertiary/aromatic N) is 2. The molecule has 0 aliphatic carbocycles. The number of rotatable bonds is 12. The monoisotopic (exact) mass is 697 g/mol. The molecule has 0 bridgehead atoms. The number of methoxy groups -OCH3 is 1. The number of hydrogen-bond acceptors (Lipinski definition) is 5. The average Bonchev–Trinajstić information content (AvgIpc) is 3.02. The molecule has 0 radical (unpaired) electrons. The highest BCUT2D eigenvalue weighted by Gasteiger charge is 2.34. The second kappa shape index (κ2) is 14.7. The Morgan fingerprint density at radius 1 is 0.932 bits per heavy atom. The van der Waals surface area contributed by atoms with Gasteiger partial charge in [0.25, 0.3) is 10.0 Å². The number of benzene rings is 4. The summed E-state index contributed by atoms with van der Waals surface area (Å²) in [5.41, 5.74) is 2.67. The van der Waals surface area contributed by atoms with Gasteiger partial charge in [-0.05, 0) is 60.5 Å². The molecule has 0 saturated carbocycles. The van der Waals surface area contributed by atoms with Gasteiger partial charge in [-0.3, -0.25) is 13.9 Å². The van der Waals surface area contributed by atoms with Gasteiger partial charge in [0.2, 0.25) is 11.8 Å². The lowest BCUT2D eigenvalue weighted by atomic mass is 10.0. The van der Waals surface area contributed by atoms with Gasteiger partial charge in [0.05, 0.1) is 22.7 Å². The van der Waals surface area contributed by atoms with E-state index in [2.05, 4.69) is 21.2 Å². The lowest BCUT2D eigenvalue weighted by Gasteiger charge is -2.33. The predicted molar refractivity (Wildman–Crippen MR) is 176 cm³/mol. The van der Waals surface area contributed by atoms with Crippen LogP contribution in [0.5, 0.6) is 5.75 Å². The molecule has 2 amide bonds. The third kappa shape index (κ3) is 7.99. The Kier molecular flexibility index (Phi) is 11.1. The fourth-order valence-corrected chi connectivity index (χ4v) is 6.61. The zero-order valence-corrected chi connectivity index (χ0v) is 27.7. The first kappa shape index (κ1) is 33.0. The number of carbonyl (C=O) groups is 2. The van der Waals surface area contributed by atoms with Crippen LogP contribution in [-0.2, 0) is 32.6 Å². The molecule has 0 aliphatic heterocycles. The molecule has 8 nitrogen and oxygen atoms in total. The number of carbonyl (C=O) groups excluding carboxylic acids is 2. The van der Waals surface area contributed by atoms with E-state index in [1.807, 2.05) is 61.5 Å². The van der Waals surface area contributed by atoms with Crippen molar-refractivity contribution < 1.29 is 22.7 Å². The number of ether oxygens (including phenoxy) is 1. The van der Waals surface area contributed by atoms with E-state index in [0.717, 1.165) is 25.5 Å². The van der Waals surface area contributed by atoms with Crippen molar-refractivity contribution in [1.29, 1.82) is 0 Å². The third-order valence-corrected chi connectivity index (χ3v) is 9.71. The van der Waals surface area contributed by atoms with Gasteiger partial charge >= 0.3 is 0 Å². The number of halogens is 2. The lowest BCUT2D eigenvalue weighted by molar-refractivity contribution is -0.139. The van der Waals surface area contributed by atoms with E-state index in [0.29, 0.717) is 5.75 Å². The molecule has 1 atom stereocenters. The smallest absolute Gasteiger partial charge is 0.264 e. The summed E-state index contributed by atoms with van der Waals surface area (Å²) in [6, 6.07) is 26.7. The third-order valence-electron chi connectivity index (χ3n) is 7.09. The summed E-state index contributed by atoms with van der Waals surface area (Å²) in [5.74, 6) is -0.589. The molecule has 0 aromatic heterocycles. The summed E-state index contributed by atoms with van der Waals surface area (Å²) >= 11 is 9.85. The summed E-state index contributed by atoms with van der Waals surface area (Å²) in [6.07, 6.45) is 0.224. The largest absolute Gasteiger partial charge is 0.495 e. The minimum Gasteiger partial charge on any atom is -0.495 e. The summed E-state index contributed by atoms with van der Waals surface area (Å²) < 4.78 is 35.4. The average molecular weight is 699 g/mol. The van der Waals surface area contributed by atoms with Crippen molar-refractivity contribution in [3.05, 3.63) is 123 Å². The molecule has 4 rings (SSSR count). The van der Waals surface area contributed by atoms with Crippen LogP contribution in [0, 0.1) is 6.92 Å². The second-order valence-electron chi connectivity index (χ2n) is 10.1. The van der Waals surface area contributed by atoms with E-state index in [9.17, 15) is 18.0 Å². The van der Waals surface area contributed by atoms with Gasteiger partial charge in [-0.15, -0.1) is 0 Å². The normalized spacial score (nSPS) is 11.8. The minimum absolute atomic E-state index is 0.00874. The fourth-order valence-electron chi connectivity index (χ4n) is 4.68. The quantitative estimate of drug-likeness (QED) is 0.196. The van der Waals surface area contributed by atoms with Crippen LogP contribution >= 0.6 is 27.5 Å². The summed E-state index contributed by atoms with van der Waals surface area (Å²) in [6.45, 7) is 1.34. The first-order valence-corrected chi connectivity index (χ1v) is 16.4. The van der Waals surface area contributed by atoms with Gasteiger partial charge in [-0.2, -0.15) is 0 Å². The number of sulfonamides is 1. The van der Waals surface area contributed by atoms with E-state index in [4.69, 9.17) is 16.3 Å². The van der Waals surface area contributed by atoms with E-state index >= 15 is 0 Å². The van der Waals surface area contributed by atoms with E-state index < -0.39 is 28.5 Å². The molecule has 0 heterocycles. The van der Waals surface area contributed by atoms with Crippen molar-refractivity contribution in [3.63, 3.8) is 0 Å². The van der Waals surface area contributed by atoms with Gasteiger partial charge in [-0.25, -0.2) is 8.42 Å². The number of likely N-dealkylation sites (N-methyl/N-ethyl adjacent to an activating group) is 1. The molecule has 0 fully saturated rings. The maximum absolute atomic E-state index is 14.4. The highest BCUT2D eigenvalue weighted by atomic mass is 79.9. The van der Waals surface area contributed by atoms with E-state index in [-0.39, 0.29) is 34.5 Å². The molecule has 4 aromatic carbocycles. The van der Waals surface area contributed by atoms with Crippen LogP contribution in [0.1, 0.15) is 16.7 Å². The van der Waals surface area contributed by atoms with Crippen molar-refractivity contribution >= 4 is 55.1 Å².